The van der Waals surface area contributed by atoms with Crippen molar-refractivity contribution < 1.29 is 9.53 Å². The highest BCUT2D eigenvalue weighted by Crippen LogP contribution is 2.18. The van der Waals surface area contributed by atoms with Crippen molar-refractivity contribution in [3.05, 3.63) is 75.7 Å². The van der Waals surface area contributed by atoms with Crippen molar-refractivity contribution in [1.29, 1.82) is 0 Å². The van der Waals surface area contributed by atoms with Gasteiger partial charge in [0.15, 0.2) is 5.82 Å². The maximum absolute atomic E-state index is 12.4. The fourth-order valence-electron chi connectivity index (χ4n) is 3.04. The van der Waals surface area contributed by atoms with Gasteiger partial charge in [-0.15, -0.1) is 10.2 Å². The van der Waals surface area contributed by atoms with E-state index in [1.54, 1.807) is 0 Å². The minimum absolute atomic E-state index is 0.134. The van der Waals surface area contributed by atoms with Crippen LogP contribution in [-0.2, 0) is 17.8 Å². The third-order valence-corrected chi connectivity index (χ3v) is 4.82. The van der Waals surface area contributed by atoms with Gasteiger partial charge < -0.3 is 15.0 Å². The second-order valence-corrected chi connectivity index (χ2v) is 7.44. The number of aryl methyl sites for hydroxylation is 2. The van der Waals surface area contributed by atoms with Gasteiger partial charge in [0.2, 0.25) is 5.91 Å². The zero-order valence-electron chi connectivity index (χ0n) is 18.0. The summed E-state index contributed by atoms with van der Waals surface area (Å²) in [5.74, 6) is 1.03. The molecule has 0 bridgehead atoms. The molecule has 7 heteroatoms. The molecule has 31 heavy (non-hydrogen) atoms. The Morgan fingerprint density at radius 1 is 1.13 bits per heavy atom. The van der Waals surface area contributed by atoms with Crippen LogP contribution in [0.3, 0.4) is 0 Å². The first kappa shape index (κ1) is 22.2. The van der Waals surface area contributed by atoms with Gasteiger partial charge >= 0.3 is 0 Å². The molecular formula is C24H28N4O3. The lowest BCUT2D eigenvalue weighted by molar-refractivity contribution is -0.121. The maximum Gasteiger partial charge on any atom is 0.273 e. The van der Waals surface area contributed by atoms with Crippen molar-refractivity contribution in [2.45, 2.75) is 46.1 Å². The van der Waals surface area contributed by atoms with Crippen molar-refractivity contribution in [3.8, 4) is 17.1 Å². The predicted molar refractivity (Wildman–Crippen MR) is 120 cm³/mol. The monoisotopic (exact) mass is 420 g/mol. The van der Waals surface area contributed by atoms with E-state index in [2.05, 4.69) is 27.4 Å². The highest BCUT2D eigenvalue weighted by molar-refractivity contribution is 5.76. The number of aromatic nitrogens is 3. The van der Waals surface area contributed by atoms with Crippen LogP contribution in [0, 0.1) is 6.92 Å². The lowest BCUT2D eigenvalue weighted by Crippen LogP contribution is -2.25. The first-order valence-corrected chi connectivity index (χ1v) is 10.6. The standard InChI is InChI=1S/C24H28N4O3/c1-3-4-14-31-20-10-8-19(9-11-20)23-26-24(30)21(27-28-23)12-13-22(29)25-16-18-7-5-6-17(2)15-18/h5-11,15H,3-4,12-14,16H2,1-2H3,(H,25,29)(H,26,28,30). The van der Waals surface area contributed by atoms with Crippen molar-refractivity contribution >= 4 is 5.91 Å². The fourth-order valence-corrected chi connectivity index (χ4v) is 3.04. The highest BCUT2D eigenvalue weighted by atomic mass is 16.5. The summed E-state index contributed by atoms with van der Waals surface area (Å²) >= 11 is 0. The second kappa shape index (κ2) is 11.1. The summed E-state index contributed by atoms with van der Waals surface area (Å²) < 4.78 is 5.64. The molecule has 0 saturated carbocycles. The van der Waals surface area contributed by atoms with E-state index in [9.17, 15) is 9.59 Å². The summed E-state index contributed by atoms with van der Waals surface area (Å²) in [7, 11) is 0. The van der Waals surface area contributed by atoms with Crippen LogP contribution in [0.15, 0.2) is 53.3 Å². The number of H-pyrrole nitrogens is 1. The fraction of sp³-hybridized carbons (Fsp3) is 0.333. The average molecular weight is 421 g/mol. The number of amides is 1. The third kappa shape index (κ3) is 6.77. The molecule has 1 aromatic heterocycles. The summed E-state index contributed by atoms with van der Waals surface area (Å²) in [6.07, 6.45) is 2.49. The van der Waals surface area contributed by atoms with Crippen molar-refractivity contribution in [1.82, 2.24) is 20.5 Å². The van der Waals surface area contributed by atoms with E-state index < -0.39 is 0 Å². The molecule has 0 aliphatic rings. The van der Waals surface area contributed by atoms with Gasteiger partial charge in [-0.25, -0.2) is 0 Å². The molecule has 2 N–H and O–H groups in total. The summed E-state index contributed by atoms with van der Waals surface area (Å²) in [6.45, 7) is 5.26. The molecule has 0 unspecified atom stereocenters. The third-order valence-electron chi connectivity index (χ3n) is 4.82. The van der Waals surface area contributed by atoms with Gasteiger partial charge in [0.1, 0.15) is 11.4 Å². The lowest BCUT2D eigenvalue weighted by Gasteiger charge is -2.07. The number of hydrogen-bond acceptors (Lipinski definition) is 5. The Morgan fingerprint density at radius 2 is 1.94 bits per heavy atom. The van der Waals surface area contributed by atoms with Crippen LogP contribution < -0.4 is 15.6 Å². The van der Waals surface area contributed by atoms with E-state index in [4.69, 9.17) is 4.74 Å². The zero-order chi connectivity index (χ0) is 22.1. The molecule has 0 fully saturated rings. The number of carbonyl (C=O) groups is 1. The zero-order valence-corrected chi connectivity index (χ0v) is 18.0. The number of nitrogens with one attached hydrogen (secondary N) is 2. The van der Waals surface area contributed by atoms with Gasteiger partial charge in [-0.3, -0.25) is 9.59 Å². The SMILES string of the molecule is CCCCOc1ccc(-c2nnc(CCC(=O)NCc3cccc(C)c3)c(=O)[nH]2)cc1. The Bertz CT molecular complexity index is 1060. The number of benzene rings is 2. The molecule has 162 valence electrons. The summed E-state index contributed by atoms with van der Waals surface area (Å²) in [6, 6.07) is 15.3. The van der Waals surface area contributed by atoms with Crippen LogP contribution in [-0.4, -0.2) is 27.7 Å². The Labute approximate surface area is 181 Å². The van der Waals surface area contributed by atoms with E-state index in [0.29, 0.717) is 19.0 Å². The summed E-state index contributed by atoms with van der Waals surface area (Å²) in [5.41, 5.74) is 2.84. The quantitative estimate of drug-likeness (QED) is 0.489. The van der Waals surface area contributed by atoms with Crippen LogP contribution in [0.2, 0.25) is 0 Å². The topological polar surface area (TPSA) is 97.0 Å². The molecule has 0 aliphatic heterocycles. The van der Waals surface area contributed by atoms with Gasteiger partial charge in [-0.05, 0) is 43.2 Å². The number of aromatic amines is 1. The number of carbonyl (C=O) groups excluding carboxylic acids is 1. The normalized spacial score (nSPS) is 10.6. The van der Waals surface area contributed by atoms with E-state index in [1.165, 1.54) is 0 Å². The molecule has 0 aliphatic carbocycles. The van der Waals surface area contributed by atoms with Crippen molar-refractivity contribution in [3.63, 3.8) is 0 Å². The number of ether oxygens (including phenoxy) is 1. The largest absolute Gasteiger partial charge is 0.494 e. The van der Waals surface area contributed by atoms with E-state index in [-0.39, 0.29) is 30.0 Å². The van der Waals surface area contributed by atoms with Crippen LogP contribution >= 0.6 is 0 Å². The average Bonchev–Trinajstić information content (AvgIpc) is 2.77. The second-order valence-electron chi connectivity index (χ2n) is 7.44. The van der Waals surface area contributed by atoms with Crippen molar-refractivity contribution in [2.24, 2.45) is 0 Å². The number of nitrogens with zero attached hydrogens (tertiary/aromatic N) is 2. The first-order valence-electron chi connectivity index (χ1n) is 10.6. The number of unbranched alkanes of at least 4 members (excludes halogenated alkanes) is 1. The molecule has 0 atom stereocenters. The molecule has 1 amide bonds. The van der Waals surface area contributed by atoms with Gasteiger partial charge in [-0.1, -0.05) is 43.2 Å². The van der Waals surface area contributed by atoms with Crippen molar-refractivity contribution in [2.75, 3.05) is 6.61 Å². The number of rotatable bonds is 10. The smallest absolute Gasteiger partial charge is 0.273 e. The summed E-state index contributed by atoms with van der Waals surface area (Å²) in [4.78, 5) is 27.2. The lowest BCUT2D eigenvalue weighted by atomic mass is 10.1. The minimum atomic E-state index is -0.334. The molecule has 2 aromatic carbocycles. The Hall–Kier alpha value is -3.48. The van der Waals surface area contributed by atoms with Crippen LogP contribution in [0.1, 0.15) is 43.0 Å². The molecule has 1 heterocycles. The van der Waals surface area contributed by atoms with Crippen LogP contribution in [0.4, 0.5) is 0 Å². The van der Waals surface area contributed by atoms with Gasteiger partial charge in [0.05, 0.1) is 6.61 Å². The Morgan fingerprint density at radius 3 is 2.65 bits per heavy atom. The highest BCUT2D eigenvalue weighted by Gasteiger charge is 2.10. The molecule has 7 nitrogen and oxygen atoms in total. The molecule has 3 aromatic rings. The predicted octanol–water partition coefficient (Wildman–Crippen LogP) is 3.57. The summed E-state index contributed by atoms with van der Waals surface area (Å²) in [5, 5.41) is 11.0. The van der Waals surface area contributed by atoms with Crippen LogP contribution in [0.25, 0.3) is 11.4 Å². The Balaban J connectivity index is 1.53. The Kier molecular flexibility index (Phi) is 7.92. The number of hydrogen-bond donors (Lipinski definition) is 2. The van der Waals surface area contributed by atoms with E-state index >= 15 is 0 Å². The van der Waals surface area contributed by atoms with Gasteiger partial charge in [0.25, 0.3) is 5.56 Å². The van der Waals surface area contributed by atoms with Gasteiger partial charge in [0, 0.05) is 24.9 Å². The van der Waals surface area contributed by atoms with E-state index in [1.807, 2.05) is 55.5 Å². The molecule has 3 rings (SSSR count). The molecule has 0 saturated heterocycles. The minimum Gasteiger partial charge on any atom is -0.494 e. The molecule has 0 radical (unpaired) electrons. The van der Waals surface area contributed by atoms with Crippen LogP contribution in [0.5, 0.6) is 5.75 Å². The first-order chi connectivity index (χ1) is 15.0. The van der Waals surface area contributed by atoms with E-state index in [0.717, 1.165) is 35.3 Å². The molecule has 0 spiro atoms. The molecular weight excluding hydrogens is 392 g/mol. The maximum atomic E-state index is 12.4. The van der Waals surface area contributed by atoms with Gasteiger partial charge in [-0.2, -0.15) is 0 Å².